The SMILES string of the molecule is COc1cccc(C(=O)[C@H]2[C@@H](c3cccnc3)[C@@](C#N)(C(N)=O)[C@H]3C=Cc4ccccc4N23)c1. The number of fused-ring (bicyclic) bond motifs is 3. The first-order valence-electron chi connectivity index (χ1n) is 10.9. The lowest BCUT2D eigenvalue weighted by molar-refractivity contribution is -0.125. The van der Waals surface area contributed by atoms with Gasteiger partial charge in [0, 0.05) is 29.6 Å². The van der Waals surface area contributed by atoms with Crippen molar-refractivity contribution in [2.45, 2.75) is 18.0 Å². The molecule has 1 fully saturated rings. The minimum Gasteiger partial charge on any atom is -0.497 e. The summed E-state index contributed by atoms with van der Waals surface area (Å²) >= 11 is 0. The Labute approximate surface area is 197 Å². The van der Waals surface area contributed by atoms with Crippen LogP contribution < -0.4 is 15.4 Å². The monoisotopic (exact) mass is 450 g/mol. The lowest BCUT2D eigenvalue weighted by Gasteiger charge is -2.36. The van der Waals surface area contributed by atoms with E-state index < -0.39 is 29.3 Å². The van der Waals surface area contributed by atoms with Crippen LogP contribution in [-0.2, 0) is 4.79 Å². The molecule has 2 aromatic carbocycles. The number of Topliss-reactive ketones (excluding diaryl/α,β-unsaturated/α-hetero) is 1. The van der Waals surface area contributed by atoms with E-state index in [1.807, 2.05) is 35.2 Å². The second-order valence-electron chi connectivity index (χ2n) is 8.42. The smallest absolute Gasteiger partial charge is 0.241 e. The van der Waals surface area contributed by atoms with Crippen LogP contribution in [0, 0.1) is 16.7 Å². The average Bonchev–Trinajstić information content (AvgIpc) is 3.20. The van der Waals surface area contributed by atoms with Crippen LogP contribution in [-0.4, -0.2) is 35.9 Å². The van der Waals surface area contributed by atoms with Gasteiger partial charge < -0.3 is 15.4 Å². The molecular weight excluding hydrogens is 428 g/mol. The molecule has 1 aromatic heterocycles. The molecule has 2 N–H and O–H groups in total. The van der Waals surface area contributed by atoms with Crippen LogP contribution in [0.25, 0.3) is 6.08 Å². The fourth-order valence-corrected chi connectivity index (χ4v) is 5.31. The fraction of sp³-hybridized carbons (Fsp3) is 0.185. The molecule has 1 saturated heterocycles. The number of hydrogen-bond donors (Lipinski definition) is 1. The van der Waals surface area contributed by atoms with Crippen molar-refractivity contribution in [2.75, 3.05) is 12.0 Å². The quantitative estimate of drug-likeness (QED) is 0.597. The number of para-hydroxylation sites is 1. The second kappa shape index (κ2) is 8.16. The van der Waals surface area contributed by atoms with Crippen LogP contribution in [0.2, 0.25) is 0 Å². The molecule has 2 aliphatic rings. The summed E-state index contributed by atoms with van der Waals surface area (Å²) in [5.74, 6) is -1.31. The number of nitrogens with zero attached hydrogens (tertiary/aromatic N) is 3. The van der Waals surface area contributed by atoms with E-state index in [9.17, 15) is 14.9 Å². The zero-order valence-corrected chi connectivity index (χ0v) is 18.5. The molecule has 4 atom stereocenters. The number of ketones is 1. The maximum absolute atomic E-state index is 14.2. The van der Waals surface area contributed by atoms with Gasteiger partial charge in [0.15, 0.2) is 11.2 Å². The number of rotatable bonds is 5. The zero-order chi connectivity index (χ0) is 23.9. The molecule has 0 bridgehead atoms. The van der Waals surface area contributed by atoms with Gasteiger partial charge in [-0.2, -0.15) is 5.26 Å². The minimum atomic E-state index is -1.69. The van der Waals surface area contributed by atoms with Gasteiger partial charge in [-0.15, -0.1) is 0 Å². The van der Waals surface area contributed by atoms with Gasteiger partial charge in [-0.05, 0) is 35.4 Å². The number of primary amides is 1. The van der Waals surface area contributed by atoms with Crippen LogP contribution in [0.3, 0.4) is 0 Å². The Balaban J connectivity index is 1.80. The predicted molar refractivity (Wildman–Crippen MR) is 127 cm³/mol. The van der Waals surface area contributed by atoms with Gasteiger partial charge in [0.05, 0.1) is 19.2 Å². The van der Waals surface area contributed by atoms with Crippen molar-refractivity contribution in [2.24, 2.45) is 11.1 Å². The highest BCUT2D eigenvalue weighted by molar-refractivity contribution is 6.06. The van der Waals surface area contributed by atoms with Gasteiger partial charge in [-0.1, -0.05) is 48.6 Å². The van der Waals surface area contributed by atoms with Crippen LogP contribution in [0.15, 0.2) is 79.1 Å². The third kappa shape index (κ3) is 3.00. The number of nitrogens with two attached hydrogens (primary N) is 1. The Morgan fingerprint density at radius 1 is 1.15 bits per heavy atom. The highest BCUT2D eigenvalue weighted by atomic mass is 16.5. The zero-order valence-electron chi connectivity index (χ0n) is 18.5. The molecule has 2 aliphatic heterocycles. The van der Waals surface area contributed by atoms with Gasteiger partial charge in [0.25, 0.3) is 0 Å². The number of carbonyl (C=O) groups is 2. The van der Waals surface area contributed by atoms with E-state index >= 15 is 0 Å². The Morgan fingerprint density at radius 3 is 2.68 bits per heavy atom. The number of hydrogen-bond acceptors (Lipinski definition) is 6. The maximum atomic E-state index is 14.2. The van der Waals surface area contributed by atoms with Gasteiger partial charge >= 0.3 is 0 Å². The van der Waals surface area contributed by atoms with Crippen LogP contribution in [0.5, 0.6) is 5.75 Å². The molecule has 3 aromatic rings. The molecule has 3 heterocycles. The van der Waals surface area contributed by atoms with Gasteiger partial charge in [0.1, 0.15) is 11.8 Å². The standard InChI is InChI=1S/C27H22N4O3/c1-34-20-9-4-7-18(14-20)25(32)24-23(19-8-5-13-30-15-19)27(16-28,26(29)33)22-12-11-17-6-2-3-10-21(17)31(22)24/h2-15,22-24H,1H3,(H2,29,33)/t22-,23-,24-,27+/m1/s1. The minimum absolute atomic E-state index is 0.235. The van der Waals surface area contributed by atoms with Gasteiger partial charge in [-0.25, -0.2) is 0 Å². The van der Waals surface area contributed by atoms with E-state index in [1.165, 1.54) is 7.11 Å². The number of methoxy groups -OCH3 is 1. The Morgan fingerprint density at radius 2 is 1.97 bits per heavy atom. The first-order chi connectivity index (χ1) is 16.5. The number of aromatic nitrogens is 1. The summed E-state index contributed by atoms with van der Waals surface area (Å²) < 4.78 is 5.33. The topological polar surface area (TPSA) is 109 Å². The van der Waals surface area contributed by atoms with Gasteiger partial charge in [-0.3, -0.25) is 14.6 Å². The van der Waals surface area contributed by atoms with Crippen LogP contribution >= 0.6 is 0 Å². The van der Waals surface area contributed by atoms with Crippen molar-refractivity contribution >= 4 is 23.5 Å². The summed E-state index contributed by atoms with van der Waals surface area (Å²) in [6.07, 6.45) is 6.89. The molecule has 5 rings (SSSR count). The lowest BCUT2D eigenvalue weighted by Crippen LogP contribution is -2.49. The van der Waals surface area contributed by atoms with E-state index in [4.69, 9.17) is 10.5 Å². The molecule has 0 unspecified atom stereocenters. The molecular formula is C27H22N4O3. The number of carbonyl (C=O) groups excluding carboxylic acids is 2. The van der Waals surface area contributed by atoms with E-state index in [0.717, 1.165) is 11.3 Å². The Hall–Kier alpha value is -4.44. The van der Waals surface area contributed by atoms with Crippen LogP contribution in [0.4, 0.5) is 5.69 Å². The van der Waals surface area contributed by atoms with Crippen molar-refractivity contribution in [3.8, 4) is 11.8 Å². The number of nitriles is 1. The molecule has 34 heavy (non-hydrogen) atoms. The summed E-state index contributed by atoms with van der Waals surface area (Å²) in [4.78, 5) is 33.4. The summed E-state index contributed by atoms with van der Waals surface area (Å²) in [6, 6.07) is 18.6. The van der Waals surface area contributed by atoms with E-state index in [-0.39, 0.29) is 5.78 Å². The van der Waals surface area contributed by atoms with E-state index in [2.05, 4.69) is 11.1 Å². The molecule has 0 aliphatic carbocycles. The van der Waals surface area contributed by atoms with Crippen molar-refractivity contribution in [1.29, 1.82) is 5.26 Å². The predicted octanol–water partition coefficient (Wildman–Crippen LogP) is 3.34. The number of benzene rings is 2. The fourth-order valence-electron chi connectivity index (χ4n) is 5.31. The highest BCUT2D eigenvalue weighted by Crippen LogP contribution is 2.55. The molecule has 1 amide bonds. The Bertz CT molecular complexity index is 1350. The van der Waals surface area contributed by atoms with E-state index in [1.54, 1.807) is 54.9 Å². The number of pyridine rings is 1. The van der Waals surface area contributed by atoms with Crippen molar-refractivity contribution < 1.29 is 14.3 Å². The Kier molecular flexibility index (Phi) is 5.14. The maximum Gasteiger partial charge on any atom is 0.241 e. The molecule has 7 nitrogen and oxygen atoms in total. The van der Waals surface area contributed by atoms with E-state index in [0.29, 0.717) is 16.9 Å². The average molecular weight is 450 g/mol. The van der Waals surface area contributed by atoms with Crippen molar-refractivity contribution in [1.82, 2.24) is 4.98 Å². The van der Waals surface area contributed by atoms with Gasteiger partial charge in [0.2, 0.25) is 5.91 Å². The molecule has 0 saturated carbocycles. The summed E-state index contributed by atoms with van der Waals surface area (Å²) in [6.45, 7) is 0. The molecule has 168 valence electrons. The molecule has 0 spiro atoms. The molecule has 0 radical (unpaired) electrons. The largest absolute Gasteiger partial charge is 0.497 e. The third-order valence-corrected chi connectivity index (χ3v) is 6.80. The van der Waals surface area contributed by atoms with Crippen molar-refractivity contribution in [3.05, 3.63) is 95.8 Å². The number of anilines is 1. The van der Waals surface area contributed by atoms with Crippen molar-refractivity contribution in [3.63, 3.8) is 0 Å². The first kappa shape index (κ1) is 21.4. The van der Waals surface area contributed by atoms with Crippen LogP contribution in [0.1, 0.15) is 27.4 Å². The lowest BCUT2D eigenvalue weighted by atomic mass is 9.68. The molecule has 7 heteroatoms. The third-order valence-electron chi connectivity index (χ3n) is 6.80. The summed E-state index contributed by atoms with van der Waals surface area (Å²) in [5, 5.41) is 10.5. The second-order valence-corrected chi connectivity index (χ2v) is 8.42. The summed E-state index contributed by atoms with van der Waals surface area (Å²) in [7, 11) is 1.53. The number of amides is 1. The first-order valence-corrected chi connectivity index (χ1v) is 10.9. The number of ether oxygens (including phenoxy) is 1. The normalized spacial score (nSPS) is 24.6. The highest BCUT2D eigenvalue weighted by Gasteiger charge is 2.65. The summed E-state index contributed by atoms with van der Waals surface area (Å²) in [5.41, 5.74) is 6.96.